The molecule has 1 aromatic carbocycles. The molecule has 0 bridgehead atoms. The summed E-state index contributed by atoms with van der Waals surface area (Å²) in [5.41, 5.74) is 1.99. The maximum Gasteiger partial charge on any atom is 0.125 e. The van der Waals surface area contributed by atoms with E-state index in [9.17, 15) is 4.39 Å². The Morgan fingerprint density at radius 2 is 2.08 bits per heavy atom. The molecule has 3 heteroatoms. The van der Waals surface area contributed by atoms with Gasteiger partial charge in [-0.2, -0.15) is 0 Å². The second-order valence-electron chi connectivity index (χ2n) is 2.80. The number of aromatic amines is 1. The van der Waals surface area contributed by atoms with E-state index in [0.29, 0.717) is 0 Å². The normalized spacial score (nSPS) is 10.9. The molecule has 0 aliphatic rings. The van der Waals surface area contributed by atoms with Crippen molar-refractivity contribution in [1.82, 2.24) is 4.98 Å². The van der Waals surface area contributed by atoms with Gasteiger partial charge in [0.2, 0.25) is 0 Å². The molecule has 12 heavy (non-hydrogen) atoms. The third kappa shape index (κ3) is 1.14. The molecule has 0 atom stereocenters. The summed E-state index contributed by atoms with van der Waals surface area (Å²) in [6.45, 7) is 1.95. The number of rotatable bonds is 0. The lowest BCUT2D eigenvalue weighted by Crippen LogP contribution is -1.75. The van der Waals surface area contributed by atoms with Gasteiger partial charge in [-0.1, -0.05) is 0 Å². The number of aryl methyl sites for hydroxylation is 1. The van der Waals surface area contributed by atoms with Gasteiger partial charge in [0.25, 0.3) is 0 Å². The molecular formula is C9H7BrFN. The largest absolute Gasteiger partial charge is 0.358 e. The molecule has 0 saturated carbocycles. The van der Waals surface area contributed by atoms with Crippen LogP contribution in [0.1, 0.15) is 5.69 Å². The molecule has 0 spiro atoms. The van der Waals surface area contributed by atoms with Crippen LogP contribution in [-0.4, -0.2) is 4.98 Å². The molecule has 1 nitrogen and oxygen atoms in total. The zero-order valence-electron chi connectivity index (χ0n) is 6.49. The first-order chi connectivity index (χ1) is 5.66. The Hall–Kier alpha value is -0.830. The molecule has 0 radical (unpaired) electrons. The maximum atomic E-state index is 12.9. The maximum absolute atomic E-state index is 12.9. The SMILES string of the molecule is Cc1cc2cc(F)cc(Br)c2[nH]1. The second-order valence-corrected chi connectivity index (χ2v) is 3.66. The van der Waals surface area contributed by atoms with E-state index < -0.39 is 0 Å². The Balaban J connectivity index is 2.88. The van der Waals surface area contributed by atoms with E-state index in [4.69, 9.17) is 0 Å². The van der Waals surface area contributed by atoms with Crippen molar-refractivity contribution < 1.29 is 4.39 Å². The van der Waals surface area contributed by atoms with Gasteiger partial charge in [-0.3, -0.25) is 0 Å². The topological polar surface area (TPSA) is 15.8 Å². The highest BCUT2D eigenvalue weighted by atomic mass is 79.9. The third-order valence-corrected chi connectivity index (χ3v) is 2.41. The van der Waals surface area contributed by atoms with Crippen molar-refractivity contribution >= 4 is 26.8 Å². The summed E-state index contributed by atoms with van der Waals surface area (Å²) in [6, 6.07) is 4.89. The molecule has 0 fully saturated rings. The van der Waals surface area contributed by atoms with Gasteiger partial charge in [-0.05, 0) is 41.1 Å². The zero-order valence-corrected chi connectivity index (χ0v) is 8.07. The molecule has 0 aliphatic carbocycles. The Labute approximate surface area is 77.7 Å². The minimum absolute atomic E-state index is 0.214. The standard InChI is InChI=1S/C9H7BrFN/c1-5-2-6-3-7(11)4-8(10)9(6)12-5/h2-4,12H,1H3. The minimum atomic E-state index is -0.214. The second kappa shape index (κ2) is 2.59. The molecule has 2 aromatic rings. The van der Waals surface area contributed by atoms with Crippen LogP contribution in [0.5, 0.6) is 0 Å². The fourth-order valence-corrected chi connectivity index (χ4v) is 1.85. The van der Waals surface area contributed by atoms with Gasteiger partial charge in [0.1, 0.15) is 5.82 Å². The predicted octanol–water partition coefficient (Wildman–Crippen LogP) is 3.38. The van der Waals surface area contributed by atoms with Gasteiger partial charge < -0.3 is 4.98 Å². The summed E-state index contributed by atoms with van der Waals surface area (Å²) in [4.78, 5) is 3.14. The van der Waals surface area contributed by atoms with Gasteiger partial charge in [0.15, 0.2) is 0 Å². The molecular weight excluding hydrogens is 221 g/mol. The molecule has 1 N–H and O–H groups in total. The van der Waals surface area contributed by atoms with Crippen molar-refractivity contribution in [3.8, 4) is 0 Å². The average molecular weight is 228 g/mol. The Morgan fingerprint density at radius 1 is 1.33 bits per heavy atom. The first kappa shape index (κ1) is 7.80. The highest BCUT2D eigenvalue weighted by molar-refractivity contribution is 9.10. The third-order valence-electron chi connectivity index (χ3n) is 1.78. The first-order valence-corrected chi connectivity index (χ1v) is 4.40. The fourth-order valence-electron chi connectivity index (χ4n) is 1.31. The van der Waals surface area contributed by atoms with Crippen molar-refractivity contribution in [2.45, 2.75) is 6.92 Å². The van der Waals surface area contributed by atoms with E-state index >= 15 is 0 Å². The predicted molar refractivity (Wildman–Crippen MR) is 50.7 cm³/mol. The van der Waals surface area contributed by atoms with Crippen LogP contribution in [-0.2, 0) is 0 Å². The number of fused-ring (bicyclic) bond motifs is 1. The lowest BCUT2D eigenvalue weighted by Gasteiger charge is -1.93. The van der Waals surface area contributed by atoms with Crippen molar-refractivity contribution in [1.29, 1.82) is 0 Å². The van der Waals surface area contributed by atoms with E-state index in [1.807, 2.05) is 13.0 Å². The van der Waals surface area contributed by atoms with Crippen molar-refractivity contribution in [2.24, 2.45) is 0 Å². The Bertz CT molecular complexity index is 433. The number of H-pyrrole nitrogens is 1. The molecule has 0 amide bonds. The van der Waals surface area contributed by atoms with Crippen molar-refractivity contribution in [3.05, 3.63) is 34.2 Å². The summed E-state index contributed by atoms with van der Waals surface area (Å²) < 4.78 is 13.6. The van der Waals surface area contributed by atoms with Crippen LogP contribution >= 0.6 is 15.9 Å². The summed E-state index contributed by atoms with van der Waals surface area (Å²) in [5, 5.41) is 0.902. The summed E-state index contributed by atoms with van der Waals surface area (Å²) >= 11 is 3.29. The molecule has 1 heterocycles. The quantitative estimate of drug-likeness (QED) is 0.711. The Morgan fingerprint density at radius 3 is 2.83 bits per heavy atom. The van der Waals surface area contributed by atoms with Gasteiger partial charge in [0.05, 0.1) is 5.52 Å². The van der Waals surface area contributed by atoms with E-state index in [1.165, 1.54) is 12.1 Å². The molecule has 1 aromatic heterocycles. The van der Waals surface area contributed by atoms with Gasteiger partial charge >= 0.3 is 0 Å². The summed E-state index contributed by atoms with van der Waals surface area (Å²) in [5.74, 6) is -0.214. The number of hydrogen-bond donors (Lipinski definition) is 1. The van der Waals surface area contributed by atoms with E-state index in [0.717, 1.165) is 21.1 Å². The first-order valence-electron chi connectivity index (χ1n) is 3.61. The van der Waals surface area contributed by atoms with Crippen LogP contribution in [0.2, 0.25) is 0 Å². The monoisotopic (exact) mass is 227 g/mol. The van der Waals surface area contributed by atoms with Crippen LogP contribution in [0.3, 0.4) is 0 Å². The van der Waals surface area contributed by atoms with Crippen LogP contribution in [0.4, 0.5) is 4.39 Å². The number of nitrogens with one attached hydrogen (secondary N) is 1. The van der Waals surface area contributed by atoms with Gasteiger partial charge in [-0.25, -0.2) is 4.39 Å². The summed E-state index contributed by atoms with van der Waals surface area (Å²) in [6.07, 6.45) is 0. The molecule has 0 unspecified atom stereocenters. The Kier molecular flexibility index (Phi) is 1.68. The number of halogens is 2. The molecule has 0 aliphatic heterocycles. The van der Waals surface area contributed by atoms with Crippen LogP contribution < -0.4 is 0 Å². The van der Waals surface area contributed by atoms with Crippen LogP contribution in [0.25, 0.3) is 10.9 Å². The summed E-state index contributed by atoms with van der Waals surface area (Å²) in [7, 11) is 0. The molecule has 2 rings (SSSR count). The minimum Gasteiger partial charge on any atom is -0.358 e. The highest BCUT2D eigenvalue weighted by Crippen LogP contribution is 2.25. The van der Waals surface area contributed by atoms with Gasteiger partial charge in [-0.15, -0.1) is 0 Å². The highest BCUT2D eigenvalue weighted by Gasteiger charge is 2.03. The van der Waals surface area contributed by atoms with Crippen LogP contribution in [0.15, 0.2) is 22.7 Å². The lowest BCUT2D eigenvalue weighted by atomic mass is 10.2. The lowest BCUT2D eigenvalue weighted by molar-refractivity contribution is 0.629. The van der Waals surface area contributed by atoms with Gasteiger partial charge in [0, 0.05) is 15.6 Å². The van der Waals surface area contributed by atoms with Crippen molar-refractivity contribution in [3.63, 3.8) is 0 Å². The van der Waals surface area contributed by atoms with E-state index in [2.05, 4.69) is 20.9 Å². The zero-order chi connectivity index (χ0) is 8.72. The van der Waals surface area contributed by atoms with Crippen molar-refractivity contribution in [2.75, 3.05) is 0 Å². The molecule has 0 saturated heterocycles. The van der Waals surface area contributed by atoms with Crippen LogP contribution in [0, 0.1) is 12.7 Å². The fraction of sp³-hybridized carbons (Fsp3) is 0.111. The number of hydrogen-bond acceptors (Lipinski definition) is 0. The van der Waals surface area contributed by atoms with E-state index in [1.54, 1.807) is 0 Å². The molecule has 62 valence electrons. The average Bonchev–Trinajstić information content (AvgIpc) is 2.29. The smallest absolute Gasteiger partial charge is 0.125 e. The number of benzene rings is 1. The number of aromatic nitrogens is 1. The van der Waals surface area contributed by atoms with E-state index in [-0.39, 0.29) is 5.82 Å².